The molecule has 10 nitrogen and oxygen atoms in total. The van der Waals surface area contributed by atoms with Crippen LogP contribution in [0.5, 0.6) is 0 Å². The third-order valence-corrected chi connectivity index (χ3v) is 1.99. The minimum Gasteiger partial charge on any atom is -0.480 e. The molecule has 0 saturated heterocycles. The van der Waals surface area contributed by atoms with Crippen LogP contribution < -0.4 is 17.2 Å². The second kappa shape index (κ2) is 18.6. The minimum atomic E-state index is -0.968. The predicted molar refractivity (Wildman–Crippen MR) is 96.6 cm³/mol. The van der Waals surface area contributed by atoms with Crippen molar-refractivity contribution in [3.8, 4) is 0 Å². The van der Waals surface area contributed by atoms with Gasteiger partial charge in [-0.1, -0.05) is 13.8 Å². The van der Waals surface area contributed by atoms with Crippen molar-refractivity contribution in [1.82, 2.24) is 0 Å². The van der Waals surface area contributed by atoms with E-state index in [4.69, 9.17) is 21.1 Å². The molecule has 0 radical (unpaired) electrons. The van der Waals surface area contributed by atoms with E-state index < -0.39 is 18.0 Å². The summed E-state index contributed by atoms with van der Waals surface area (Å²) in [7, 11) is 6.16. The Hall–Kier alpha value is -1.75. The number of rotatable bonds is 6. The van der Waals surface area contributed by atoms with Crippen LogP contribution in [0.4, 0.5) is 0 Å². The first-order chi connectivity index (χ1) is 11.1. The summed E-state index contributed by atoms with van der Waals surface area (Å²) in [6.45, 7) is 6.04. The van der Waals surface area contributed by atoms with Crippen LogP contribution in [0.2, 0.25) is 0 Å². The summed E-state index contributed by atoms with van der Waals surface area (Å²) >= 11 is 0. The van der Waals surface area contributed by atoms with Crippen LogP contribution in [0.15, 0.2) is 0 Å². The maximum absolute atomic E-state index is 10.1. The maximum atomic E-state index is 10.1. The van der Waals surface area contributed by atoms with Crippen molar-refractivity contribution in [3.05, 3.63) is 0 Å². The van der Waals surface area contributed by atoms with Crippen LogP contribution in [-0.4, -0.2) is 84.5 Å². The van der Waals surface area contributed by atoms with E-state index in [-0.39, 0.29) is 19.1 Å². The summed E-state index contributed by atoms with van der Waals surface area (Å²) in [5.74, 6) is -1.86. The highest BCUT2D eigenvalue weighted by Crippen LogP contribution is 2.01. The van der Waals surface area contributed by atoms with Crippen LogP contribution in [0.25, 0.3) is 0 Å². The minimum absolute atomic E-state index is 0.278. The normalized spacial score (nSPS) is 10.8. The highest BCUT2D eigenvalue weighted by molar-refractivity contribution is 5.73. The second-order valence-electron chi connectivity index (χ2n) is 6.52. The number of amides is 1. The lowest BCUT2D eigenvalue weighted by Crippen LogP contribution is -2.36. The lowest BCUT2D eigenvalue weighted by Gasteiger charge is -2.21. The average Bonchev–Trinajstić information content (AvgIpc) is 2.37. The molecule has 0 rings (SSSR count). The second-order valence-corrected chi connectivity index (χ2v) is 6.52. The Balaban J connectivity index is -0.000000123. The topological polar surface area (TPSA) is 190 Å². The standard InChI is InChI=1S/C6H13NO2.C5H14NO.C2H5NO2.C2H5NO/c1-4(2)3-5(7)6(8)9;1-6(2,3)4-5-7;3-1-2(4)5;1-2(3)4/h4-5H,3,7H2,1-2H3,(H,8,9);7H,4-5H2,1-3H3;1,3H2,(H,4,5);1H3,(H2,3,4)/q;+1;;. The van der Waals surface area contributed by atoms with Gasteiger partial charge in [-0.2, -0.15) is 0 Å². The third-order valence-electron chi connectivity index (χ3n) is 1.99. The van der Waals surface area contributed by atoms with Gasteiger partial charge in [0.05, 0.1) is 34.3 Å². The van der Waals surface area contributed by atoms with Crippen LogP contribution in [-0.2, 0) is 14.4 Å². The van der Waals surface area contributed by atoms with Gasteiger partial charge in [-0.15, -0.1) is 0 Å². The molecule has 0 fully saturated rings. The van der Waals surface area contributed by atoms with Gasteiger partial charge in [0.1, 0.15) is 12.6 Å². The monoisotopic (exact) mass is 369 g/mol. The summed E-state index contributed by atoms with van der Waals surface area (Å²) in [5.41, 5.74) is 14.3. The van der Waals surface area contributed by atoms with E-state index in [9.17, 15) is 14.4 Å². The Labute approximate surface area is 150 Å². The Kier molecular flexibility index (Phi) is 23.1. The molecule has 0 heterocycles. The maximum Gasteiger partial charge on any atom is 0.320 e. The van der Waals surface area contributed by atoms with Crippen molar-refractivity contribution in [2.75, 3.05) is 40.8 Å². The number of carbonyl (C=O) groups is 3. The molecular formula is C15H37N4O6+. The molecular weight excluding hydrogens is 332 g/mol. The van der Waals surface area contributed by atoms with Crippen molar-refractivity contribution in [2.45, 2.75) is 33.2 Å². The van der Waals surface area contributed by atoms with Crippen molar-refractivity contribution in [1.29, 1.82) is 0 Å². The molecule has 10 heteroatoms. The van der Waals surface area contributed by atoms with Crippen molar-refractivity contribution >= 4 is 17.8 Å². The van der Waals surface area contributed by atoms with Crippen LogP contribution in [0.1, 0.15) is 27.2 Å². The van der Waals surface area contributed by atoms with Crippen molar-refractivity contribution < 1.29 is 34.2 Å². The number of aliphatic carboxylic acids is 2. The lowest BCUT2D eigenvalue weighted by molar-refractivity contribution is -0.870. The SMILES string of the molecule is CC(C)CC(N)C(=O)O.CC(N)=O.C[N+](C)(C)CCO.NCC(=O)O. The first kappa shape index (κ1) is 31.1. The Morgan fingerprint density at radius 1 is 1.08 bits per heavy atom. The first-order valence-electron chi connectivity index (χ1n) is 7.68. The average molecular weight is 369 g/mol. The quantitative estimate of drug-likeness (QED) is 0.310. The zero-order valence-electron chi connectivity index (χ0n) is 16.2. The number of quaternary nitrogens is 1. The number of nitrogens with zero attached hydrogens (tertiary/aromatic N) is 1. The van der Waals surface area contributed by atoms with Gasteiger partial charge >= 0.3 is 11.9 Å². The molecule has 9 N–H and O–H groups in total. The number of carboxylic acid groups (broad SMARTS) is 2. The fraction of sp³-hybridized carbons (Fsp3) is 0.800. The van der Waals surface area contributed by atoms with E-state index >= 15 is 0 Å². The molecule has 0 spiro atoms. The molecule has 0 aromatic carbocycles. The fourth-order valence-corrected chi connectivity index (χ4v) is 0.909. The molecule has 0 bridgehead atoms. The molecule has 0 aliphatic heterocycles. The third kappa shape index (κ3) is 60.8. The van der Waals surface area contributed by atoms with Crippen LogP contribution in [0.3, 0.4) is 0 Å². The molecule has 1 amide bonds. The predicted octanol–water partition coefficient (Wildman–Crippen LogP) is -1.35. The molecule has 0 aromatic rings. The van der Waals surface area contributed by atoms with E-state index in [2.05, 4.69) is 32.6 Å². The molecule has 25 heavy (non-hydrogen) atoms. The number of aliphatic hydroxyl groups excluding tert-OH is 1. The van der Waals surface area contributed by atoms with Gasteiger partial charge in [0.15, 0.2) is 0 Å². The Bertz CT molecular complexity index is 352. The summed E-state index contributed by atoms with van der Waals surface area (Å²) in [4.78, 5) is 28.6. The number of aliphatic hydroxyl groups is 1. The molecule has 0 aliphatic carbocycles. The van der Waals surface area contributed by atoms with E-state index in [0.717, 1.165) is 11.0 Å². The van der Waals surface area contributed by atoms with Gasteiger partial charge < -0.3 is 37.0 Å². The van der Waals surface area contributed by atoms with E-state index in [0.29, 0.717) is 12.3 Å². The van der Waals surface area contributed by atoms with E-state index in [1.165, 1.54) is 6.92 Å². The number of carbonyl (C=O) groups excluding carboxylic acids is 1. The number of primary amides is 1. The highest BCUT2D eigenvalue weighted by atomic mass is 16.4. The lowest BCUT2D eigenvalue weighted by atomic mass is 10.1. The van der Waals surface area contributed by atoms with E-state index in [1.54, 1.807) is 0 Å². The van der Waals surface area contributed by atoms with Crippen LogP contribution in [0, 0.1) is 5.92 Å². The van der Waals surface area contributed by atoms with Gasteiger partial charge in [0.2, 0.25) is 5.91 Å². The smallest absolute Gasteiger partial charge is 0.320 e. The summed E-state index contributed by atoms with van der Waals surface area (Å²) < 4.78 is 0.844. The summed E-state index contributed by atoms with van der Waals surface area (Å²) in [6.07, 6.45) is 0.551. The molecule has 152 valence electrons. The molecule has 0 aromatic heterocycles. The number of nitrogens with two attached hydrogens (primary N) is 3. The molecule has 1 atom stereocenters. The summed E-state index contributed by atoms with van der Waals surface area (Å²) in [6, 6.07) is -0.690. The molecule has 1 unspecified atom stereocenters. The zero-order valence-corrected chi connectivity index (χ0v) is 16.2. The zero-order chi connectivity index (χ0) is 21.2. The van der Waals surface area contributed by atoms with Crippen LogP contribution >= 0.6 is 0 Å². The fourth-order valence-electron chi connectivity index (χ4n) is 0.909. The van der Waals surface area contributed by atoms with Gasteiger partial charge in [-0.05, 0) is 12.3 Å². The number of carboxylic acids is 2. The number of likely N-dealkylation sites (N-methyl/N-ethyl adjacent to an activating group) is 1. The Morgan fingerprint density at radius 2 is 1.40 bits per heavy atom. The number of hydrogen-bond donors (Lipinski definition) is 6. The summed E-state index contributed by atoms with van der Waals surface area (Å²) in [5, 5.41) is 24.3. The largest absolute Gasteiger partial charge is 0.480 e. The van der Waals surface area contributed by atoms with Gasteiger partial charge in [-0.25, -0.2) is 0 Å². The first-order valence-corrected chi connectivity index (χ1v) is 7.68. The number of hydrogen-bond acceptors (Lipinski definition) is 6. The van der Waals surface area contributed by atoms with Crippen molar-refractivity contribution in [2.24, 2.45) is 23.1 Å². The molecule has 0 aliphatic rings. The van der Waals surface area contributed by atoms with Gasteiger partial charge in [0.25, 0.3) is 0 Å². The van der Waals surface area contributed by atoms with Gasteiger partial charge in [-0.3, -0.25) is 14.4 Å². The Morgan fingerprint density at radius 3 is 1.44 bits per heavy atom. The van der Waals surface area contributed by atoms with Gasteiger partial charge in [0, 0.05) is 6.92 Å². The molecule has 0 saturated carbocycles. The highest BCUT2D eigenvalue weighted by Gasteiger charge is 2.11. The van der Waals surface area contributed by atoms with E-state index in [1.807, 2.05) is 13.8 Å². The van der Waals surface area contributed by atoms with Crippen molar-refractivity contribution in [3.63, 3.8) is 0 Å².